The molecule has 0 radical (unpaired) electrons. The number of amides is 1. The zero-order chi connectivity index (χ0) is 17.7. The maximum atomic E-state index is 12.1. The van der Waals surface area contributed by atoms with Gasteiger partial charge in [-0.25, -0.2) is 8.42 Å². The molecule has 5 nitrogen and oxygen atoms in total. The summed E-state index contributed by atoms with van der Waals surface area (Å²) < 4.78 is 25.1. The summed E-state index contributed by atoms with van der Waals surface area (Å²) in [6.45, 7) is 0.0277. The first-order chi connectivity index (χ1) is 11.3. The van der Waals surface area contributed by atoms with Gasteiger partial charge in [0, 0.05) is 18.0 Å². The molecule has 2 aromatic carbocycles. The van der Waals surface area contributed by atoms with Crippen molar-refractivity contribution in [3.63, 3.8) is 0 Å². The van der Waals surface area contributed by atoms with Crippen molar-refractivity contribution in [2.45, 2.75) is 6.42 Å². The van der Waals surface area contributed by atoms with Crippen LogP contribution in [0.5, 0.6) is 0 Å². The molecule has 0 aromatic heterocycles. The van der Waals surface area contributed by atoms with Crippen LogP contribution in [-0.4, -0.2) is 27.1 Å². The molecular weight excluding hydrogens is 371 g/mol. The van der Waals surface area contributed by atoms with E-state index < -0.39 is 10.0 Å². The van der Waals surface area contributed by atoms with Crippen molar-refractivity contribution in [2.24, 2.45) is 0 Å². The summed E-state index contributed by atoms with van der Waals surface area (Å²) in [6.07, 6.45) is 1.09. The minimum Gasteiger partial charge on any atom is -0.325 e. The molecule has 0 bridgehead atoms. The predicted octanol–water partition coefficient (Wildman–Crippen LogP) is 3.79. The highest BCUT2D eigenvalue weighted by atomic mass is 35.5. The third-order valence-electron chi connectivity index (χ3n) is 3.19. The number of benzene rings is 2. The molecule has 1 amide bonds. The summed E-state index contributed by atoms with van der Waals surface area (Å²) >= 11 is 11.8. The van der Waals surface area contributed by atoms with Gasteiger partial charge in [-0.05, 0) is 30.3 Å². The summed E-state index contributed by atoms with van der Waals surface area (Å²) in [5.41, 5.74) is 0.939. The zero-order valence-electron chi connectivity index (χ0n) is 12.9. The van der Waals surface area contributed by atoms with Crippen LogP contribution in [-0.2, 0) is 14.8 Å². The fourth-order valence-electron chi connectivity index (χ4n) is 2.09. The monoisotopic (exact) mass is 386 g/mol. The molecule has 0 fully saturated rings. The van der Waals surface area contributed by atoms with Crippen LogP contribution >= 0.6 is 23.2 Å². The second-order valence-corrected chi connectivity index (χ2v) is 7.84. The number of carbonyl (C=O) groups is 1. The molecule has 2 aromatic rings. The van der Waals surface area contributed by atoms with Crippen molar-refractivity contribution in [3.8, 4) is 0 Å². The van der Waals surface area contributed by atoms with E-state index in [1.54, 1.807) is 42.5 Å². The summed E-state index contributed by atoms with van der Waals surface area (Å²) in [7, 11) is -3.49. The lowest BCUT2D eigenvalue weighted by molar-refractivity contribution is -0.116. The molecule has 0 aliphatic rings. The van der Waals surface area contributed by atoms with Crippen LogP contribution in [0.1, 0.15) is 6.42 Å². The quantitative estimate of drug-likeness (QED) is 0.820. The van der Waals surface area contributed by atoms with Crippen molar-refractivity contribution in [3.05, 3.63) is 58.6 Å². The van der Waals surface area contributed by atoms with Crippen LogP contribution in [0.25, 0.3) is 0 Å². The summed E-state index contributed by atoms with van der Waals surface area (Å²) in [5.74, 6) is -0.344. The molecule has 24 heavy (non-hydrogen) atoms. The van der Waals surface area contributed by atoms with Crippen LogP contribution in [0.15, 0.2) is 48.5 Å². The van der Waals surface area contributed by atoms with Crippen molar-refractivity contribution in [1.82, 2.24) is 0 Å². The van der Waals surface area contributed by atoms with Gasteiger partial charge in [0.05, 0.1) is 22.7 Å². The molecular formula is C16H16Cl2N2O3S. The van der Waals surface area contributed by atoms with E-state index in [2.05, 4.69) is 5.32 Å². The fraction of sp³-hybridized carbons (Fsp3) is 0.188. The minimum atomic E-state index is -3.49. The minimum absolute atomic E-state index is 0.0130. The van der Waals surface area contributed by atoms with E-state index in [0.717, 1.165) is 6.26 Å². The Kier molecular flexibility index (Phi) is 6.10. The van der Waals surface area contributed by atoms with Crippen molar-refractivity contribution in [1.29, 1.82) is 0 Å². The van der Waals surface area contributed by atoms with E-state index >= 15 is 0 Å². The maximum absolute atomic E-state index is 12.1. The average molecular weight is 387 g/mol. The van der Waals surface area contributed by atoms with Gasteiger partial charge in [-0.2, -0.15) is 0 Å². The largest absolute Gasteiger partial charge is 0.325 e. The smallest absolute Gasteiger partial charge is 0.232 e. The molecule has 0 aliphatic heterocycles. The Morgan fingerprint density at radius 2 is 1.79 bits per heavy atom. The standard InChI is InChI=1S/C16H16Cl2N2O3S/c1-24(22,23)20(13-5-3-2-4-6-13)10-9-16(21)19-15-8-7-12(17)11-14(15)18/h2-8,11H,9-10H2,1H3,(H,19,21). The first kappa shape index (κ1) is 18.6. The molecule has 2 rings (SSSR count). The van der Waals surface area contributed by atoms with Crippen LogP contribution < -0.4 is 9.62 Å². The van der Waals surface area contributed by atoms with E-state index in [0.29, 0.717) is 21.4 Å². The van der Waals surface area contributed by atoms with Crippen LogP contribution in [0.3, 0.4) is 0 Å². The molecule has 0 saturated heterocycles. The van der Waals surface area contributed by atoms with Crippen LogP contribution in [0.2, 0.25) is 10.0 Å². The summed E-state index contributed by atoms with van der Waals surface area (Å²) in [5, 5.41) is 3.43. The SMILES string of the molecule is CS(=O)(=O)N(CCC(=O)Nc1ccc(Cl)cc1Cl)c1ccccc1. The number of hydrogen-bond donors (Lipinski definition) is 1. The summed E-state index contributed by atoms with van der Waals surface area (Å²) in [6, 6.07) is 13.3. The Hall–Kier alpha value is -1.76. The van der Waals surface area contributed by atoms with Crippen molar-refractivity contribution < 1.29 is 13.2 Å². The fourth-order valence-corrected chi connectivity index (χ4v) is 3.47. The summed E-state index contributed by atoms with van der Waals surface area (Å²) in [4.78, 5) is 12.1. The molecule has 0 heterocycles. The predicted molar refractivity (Wildman–Crippen MR) is 98.3 cm³/mol. The molecule has 0 unspecified atom stereocenters. The Morgan fingerprint density at radius 1 is 1.12 bits per heavy atom. The van der Waals surface area contributed by atoms with Gasteiger partial charge >= 0.3 is 0 Å². The number of rotatable bonds is 6. The Labute approximate surface area is 151 Å². The lowest BCUT2D eigenvalue weighted by Crippen LogP contribution is -2.33. The van der Waals surface area contributed by atoms with Gasteiger partial charge in [0.25, 0.3) is 0 Å². The normalized spacial score (nSPS) is 11.1. The highest BCUT2D eigenvalue weighted by molar-refractivity contribution is 7.92. The average Bonchev–Trinajstić information content (AvgIpc) is 2.50. The second-order valence-electron chi connectivity index (χ2n) is 5.09. The third-order valence-corrected chi connectivity index (χ3v) is 4.93. The lowest BCUT2D eigenvalue weighted by atomic mass is 10.3. The van der Waals surface area contributed by atoms with Gasteiger partial charge in [-0.15, -0.1) is 0 Å². The van der Waals surface area contributed by atoms with Gasteiger partial charge < -0.3 is 5.32 Å². The van der Waals surface area contributed by atoms with Gasteiger partial charge in [0.2, 0.25) is 15.9 Å². The van der Waals surface area contributed by atoms with E-state index in [1.165, 1.54) is 10.4 Å². The van der Waals surface area contributed by atoms with Gasteiger partial charge in [-0.3, -0.25) is 9.10 Å². The number of para-hydroxylation sites is 1. The molecule has 0 atom stereocenters. The number of nitrogens with one attached hydrogen (secondary N) is 1. The molecule has 0 spiro atoms. The number of carbonyl (C=O) groups excluding carboxylic acids is 1. The molecule has 1 N–H and O–H groups in total. The molecule has 0 aliphatic carbocycles. The highest BCUT2D eigenvalue weighted by Crippen LogP contribution is 2.25. The van der Waals surface area contributed by atoms with E-state index in [-0.39, 0.29) is 18.9 Å². The number of sulfonamides is 1. The van der Waals surface area contributed by atoms with Gasteiger partial charge in [0.1, 0.15) is 0 Å². The Balaban J connectivity index is 2.05. The van der Waals surface area contributed by atoms with Crippen molar-refractivity contribution >= 4 is 50.5 Å². The molecule has 8 heteroatoms. The van der Waals surface area contributed by atoms with Crippen LogP contribution in [0.4, 0.5) is 11.4 Å². The first-order valence-corrected chi connectivity index (χ1v) is 9.65. The van der Waals surface area contributed by atoms with Gasteiger partial charge in [0.15, 0.2) is 0 Å². The molecule has 128 valence electrons. The Bertz CT molecular complexity index is 826. The first-order valence-electron chi connectivity index (χ1n) is 7.05. The topological polar surface area (TPSA) is 66.5 Å². The second kappa shape index (κ2) is 7.88. The van der Waals surface area contributed by atoms with Crippen LogP contribution in [0, 0.1) is 0 Å². The number of anilines is 2. The zero-order valence-corrected chi connectivity index (χ0v) is 15.2. The maximum Gasteiger partial charge on any atom is 0.232 e. The lowest BCUT2D eigenvalue weighted by Gasteiger charge is -2.22. The van der Waals surface area contributed by atoms with E-state index in [4.69, 9.17) is 23.2 Å². The van der Waals surface area contributed by atoms with Gasteiger partial charge in [-0.1, -0.05) is 41.4 Å². The number of halogens is 2. The third kappa shape index (κ3) is 5.12. The molecule has 0 saturated carbocycles. The van der Waals surface area contributed by atoms with E-state index in [9.17, 15) is 13.2 Å². The number of nitrogens with zero attached hydrogens (tertiary/aromatic N) is 1. The number of hydrogen-bond acceptors (Lipinski definition) is 3. The van der Waals surface area contributed by atoms with Crippen molar-refractivity contribution in [2.75, 3.05) is 22.4 Å². The Morgan fingerprint density at radius 3 is 2.38 bits per heavy atom. The highest BCUT2D eigenvalue weighted by Gasteiger charge is 2.18. The van der Waals surface area contributed by atoms with E-state index in [1.807, 2.05) is 0 Å².